The first kappa shape index (κ1) is 16.9. The molecule has 0 aliphatic heterocycles. The van der Waals surface area contributed by atoms with Gasteiger partial charge in [0.25, 0.3) is 5.91 Å². The van der Waals surface area contributed by atoms with Crippen LogP contribution in [0.25, 0.3) is 11.3 Å². The van der Waals surface area contributed by atoms with Crippen molar-refractivity contribution in [3.8, 4) is 17.0 Å². The van der Waals surface area contributed by atoms with Crippen LogP contribution >= 0.6 is 11.6 Å². The van der Waals surface area contributed by atoms with Crippen LogP contribution in [0.2, 0.25) is 5.02 Å². The topological polar surface area (TPSA) is 51.2 Å². The molecule has 4 nitrogen and oxygen atoms in total. The molecule has 6 heteroatoms. The smallest absolute Gasteiger partial charge is 0.255 e. The quantitative estimate of drug-likeness (QED) is 0.730. The van der Waals surface area contributed by atoms with Crippen molar-refractivity contribution in [2.75, 3.05) is 12.4 Å². The molecular weight excluding hydrogens is 343 g/mol. The van der Waals surface area contributed by atoms with Crippen LogP contribution in [0.4, 0.5) is 10.1 Å². The predicted octanol–water partition coefficient (Wildman–Crippen LogP) is 4.80. The van der Waals surface area contributed by atoms with Gasteiger partial charge in [-0.2, -0.15) is 0 Å². The number of carbonyl (C=O) groups is 1. The highest BCUT2D eigenvalue weighted by Crippen LogP contribution is 2.28. The highest BCUT2D eigenvalue weighted by molar-refractivity contribution is 6.33. The molecule has 2 aromatic carbocycles. The van der Waals surface area contributed by atoms with Gasteiger partial charge in [0, 0.05) is 29.1 Å². The van der Waals surface area contributed by atoms with Gasteiger partial charge in [0.05, 0.1) is 17.8 Å². The van der Waals surface area contributed by atoms with E-state index in [9.17, 15) is 9.18 Å². The molecule has 3 rings (SSSR count). The zero-order valence-corrected chi connectivity index (χ0v) is 14.0. The van der Waals surface area contributed by atoms with Crippen molar-refractivity contribution < 1.29 is 13.9 Å². The number of benzene rings is 2. The van der Waals surface area contributed by atoms with E-state index in [4.69, 9.17) is 16.3 Å². The third kappa shape index (κ3) is 3.78. The van der Waals surface area contributed by atoms with Crippen molar-refractivity contribution in [2.45, 2.75) is 0 Å². The zero-order chi connectivity index (χ0) is 17.8. The van der Waals surface area contributed by atoms with Crippen LogP contribution in [0.3, 0.4) is 0 Å². The zero-order valence-electron chi connectivity index (χ0n) is 13.3. The number of hydrogen-bond acceptors (Lipinski definition) is 3. The van der Waals surface area contributed by atoms with E-state index in [2.05, 4.69) is 10.3 Å². The number of aromatic nitrogens is 1. The van der Waals surface area contributed by atoms with E-state index in [0.717, 1.165) is 6.07 Å². The van der Waals surface area contributed by atoms with Crippen LogP contribution < -0.4 is 10.1 Å². The Morgan fingerprint density at radius 2 is 2.00 bits per heavy atom. The molecule has 3 aromatic rings. The molecular formula is C19H14ClFN2O2. The number of anilines is 1. The molecule has 0 aliphatic carbocycles. The summed E-state index contributed by atoms with van der Waals surface area (Å²) in [7, 11) is 1.54. The fourth-order valence-electron chi connectivity index (χ4n) is 2.34. The summed E-state index contributed by atoms with van der Waals surface area (Å²) in [4.78, 5) is 16.4. The summed E-state index contributed by atoms with van der Waals surface area (Å²) in [6.45, 7) is 0. The number of rotatable bonds is 4. The molecule has 1 heterocycles. The standard InChI is InChI=1S/C19H14ClFN2O2/c1-25-14-5-2-4-13(11-14)23-19(24)12-7-8-15(17(21)10-12)18-16(20)6-3-9-22-18/h2-11H,1H3,(H,23,24). The molecule has 1 N–H and O–H groups in total. The fraction of sp³-hybridized carbons (Fsp3) is 0.0526. The van der Waals surface area contributed by atoms with Gasteiger partial charge >= 0.3 is 0 Å². The highest BCUT2D eigenvalue weighted by atomic mass is 35.5. The van der Waals surface area contributed by atoms with E-state index in [1.165, 1.54) is 25.4 Å². The number of ether oxygens (including phenoxy) is 1. The second-order valence-electron chi connectivity index (χ2n) is 5.21. The lowest BCUT2D eigenvalue weighted by molar-refractivity contribution is 0.102. The summed E-state index contributed by atoms with van der Waals surface area (Å²) in [6.07, 6.45) is 1.53. The Labute approximate surface area is 149 Å². The highest BCUT2D eigenvalue weighted by Gasteiger charge is 2.14. The van der Waals surface area contributed by atoms with Gasteiger partial charge in [-0.05, 0) is 42.5 Å². The van der Waals surface area contributed by atoms with Crippen LogP contribution in [0.15, 0.2) is 60.8 Å². The van der Waals surface area contributed by atoms with E-state index in [1.807, 2.05) is 0 Å². The van der Waals surface area contributed by atoms with Gasteiger partial charge in [0.15, 0.2) is 0 Å². The Morgan fingerprint density at radius 1 is 1.16 bits per heavy atom. The molecule has 126 valence electrons. The van der Waals surface area contributed by atoms with Gasteiger partial charge < -0.3 is 10.1 Å². The Bertz CT molecular complexity index is 931. The van der Waals surface area contributed by atoms with E-state index < -0.39 is 11.7 Å². The molecule has 0 radical (unpaired) electrons. The minimum absolute atomic E-state index is 0.191. The van der Waals surface area contributed by atoms with Gasteiger partial charge in [-0.3, -0.25) is 9.78 Å². The monoisotopic (exact) mass is 356 g/mol. The van der Waals surface area contributed by atoms with Crippen LogP contribution in [0, 0.1) is 5.82 Å². The van der Waals surface area contributed by atoms with Crippen molar-refractivity contribution >= 4 is 23.2 Å². The maximum Gasteiger partial charge on any atom is 0.255 e. The summed E-state index contributed by atoms with van der Waals surface area (Å²) in [6, 6.07) is 14.4. The Hall–Kier alpha value is -2.92. The van der Waals surface area contributed by atoms with Gasteiger partial charge in [0.1, 0.15) is 11.6 Å². The number of nitrogens with one attached hydrogen (secondary N) is 1. The second-order valence-corrected chi connectivity index (χ2v) is 5.62. The molecule has 0 spiro atoms. The van der Waals surface area contributed by atoms with Crippen LogP contribution in [0.5, 0.6) is 5.75 Å². The molecule has 1 amide bonds. The van der Waals surface area contributed by atoms with Crippen molar-refractivity contribution in [3.63, 3.8) is 0 Å². The number of carbonyl (C=O) groups excluding carboxylic acids is 1. The molecule has 0 aliphatic rings. The maximum absolute atomic E-state index is 14.4. The lowest BCUT2D eigenvalue weighted by Crippen LogP contribution is -2.12. The van der Waals surface area contributed by atoms with Crippen molar-refractivity contribution in [1.29, 1.82) is 0 Å². The first-order valence-corrected chi connectivity index (χ1v) is 7.82. The van der Waals surface area contributed by atoms with E-state index in [1.54, 1.807) is 36.4 Å². The third-order valence-corrected chi connectivity index (χ3v) is 3.88. The normalized spacial score (nSPS) is 10.4. The number of hydrogen-bond donors (Lipinski definition) is 1. The summed E-state index contributed by atoms with van der Waals surface area (Å²) < 4.78 is 19.5. The number of amides is 1. The Balaban J connectivity index is 1.85. The minimum atomic E-state index is -0.570. The van der Waals surface area contributed by atoms with Crippen molar-refractivity contribution in [3.05, 3.63) is 77.2 Å². The van der Waals surface area contributed by atoms with Crippen molar-refractivity contribution in [1.82, 2.24) is 4.98 Å². The van der Waals surface area contributed by atoms with Gasteiger partial charge in [-0.15, -0.1) is 0 Å². The first-order valence-electron chi connectivity index (χ1n) is 7.44. The van der Waals surface area contributed by atoms with Crippen LogP contribution in [-0.4, -0.2) is 18.0 Å². The summed E-state index contributed by atoms with van der Waals surface area (Å²) in [5.41, 5.74) is 1.32. The maximum atomic E-state index is 14.4. The van der Waals surface area contributed by atoms with Gasteiger partial charge in [-0.1, -0.05) is 17.7 Å². The van der Waals surface area contributed by atoms with E-state index in [0.29, 0.717) is 22.2 Å². The SMILES string of the molecule is COc1cccc(NC(=O)c2ccc(-c3ncccc3Cl)c(F)c2)c1. The molecule has 0 unspecified atom stereocenters. The molecule has 0 atom stereocenters. The fourth-order valence-corrected chi connectivity index (χ4v) is 2.56. The van der Waals surface area contributed by atoms with Gasteiger partial charge in [0.2, 0.25) is 0 Å². The molecule has 0 bridgehead atoms. The first-order chi connectivity index (χ1) is 12.1. The van der Waals surface area contributed by atoms with Crippen LogP contribution in [0.1, 0.15) is 10.4 Å². The lowest BCUT2D eigenvalue weighted by Gasteiger charge is -2.09. The lowest BCUT2D eigenvalue weighted by atomic mass is 10.1. The third-order valence-electron chi connectivity index (χ3n) is 3.57. The minimum Gasteiger partial charge on any atom is -0.497 e. The van der Waals surface area contributed by atoms with Crippen molar-refractivity contribution in [2.24, 2.45) is 0 Å². The average Bonchev–Trinajstić information content (AvgIpc) is 2.62. The van der Waals surface area contributed by atoms with Gasteiger partial charge in [-0.25, -0.2) is 4.39 Å². The van der Waals surface area contributed by atoms with E-state index >= 15 is 0 Å². The van der Waals surface area contributed by atoms with E-state index in [-0.39, 0.29) is 11.1 Å². The Kier molecular flexibility index (Phi) is 4.95. The number of nitrogens with zero attached hydrogens (tertiary/aromatic N) is 1. The van der Waals surface area contributed by atoms with Crippen LogP contribution in [-0.2, 0) is 0 Å². The number of halogens is 2. The molecule has 0 saturated carbocycles. The molecule has 1 aromatic heterocycles. The molecule has 0 saturated heterocycles. The summed E-state index contributed by atoms with van der Waals surface area (Å²) in [5.74, 6) is -0.381. The largest absolute Gasteiger partial charge is 0.497 e. The number of pyridine rings is 1. The average molecular weight is 357 g/mol. The predicted molar refractivity (Wildman–Crippen MR) is 95.6 cm³/mol. The molecule has 0 fully saturated rings. The summed E-state index contributed by atoms with van der Waals surface area (Å²) in [5, 5.41) is 3.05. The molecule has 25 heavy (non-hydrogen) atoms. The Morgan fingerprint density at radius 3 is 2.72 bits per heavy atom. The second kappa shape index (κ2) is 7.32. The number of methoxy groups -OCH3 is 1. The summed E-state index contributed by atoms with van der Waals surface area (Å²) >= 11 is 6.05.